The zero-order valence-electron chi connectivity index (χ0n) is 21.7. The van der Waals surface area contributed by atoms with Crippen molar-refractivity contribution in [2.24, 2.45) is 0 Å². The lowest BCUT2D eigenvalue weighted by molar-refractivity contribution is 0.578. The highest BCUT2D eigenvalue weighted by molar-refractivity contribution is 7.99. The fraction of sp³-hybridized carbons (Fsp3) is 0.600. The Hall–Kier alpha value is -1.61. The zero-order valence-corrected chi connectivity index (χ0v) is 22.5. The van der Waals surface area contributed by atoms with Crippen LogP contribution in [0.3, 0.4) is 0 Å². The summed E-state index contributed by atoms with van der Waals surface area (Å²) in [6, 6.07) is 18.8. The molecule has 0 spiro atoms. The summed E-state index contributed by atoms with van der Waals surface area (Å²) in [5.41, 5.74) is 2.45. The monoisotopic (exact) mass is 468 g/mol. The Morgan fingerprint density at radius 3 is 1.27 bits per heavy atom. The molecule has 0 fully saturated rings. The van der Waals surface area contributed by atoms with Gasteiger partial charge in [0, 0.05) is 33.2 Å². The Morgan fingerprint density at radius 1 is 0.545 bits per heavy atom. The van der Waals surface area contributed by atoms with Crippen molar-refractivity contribution in [1.29, 1.82) is 0 Å². The Labute approximate surface area is 208 Å². The van der Waals surface area contributed by atoms with E-state index in [1.165, 1.54) is 98.2 Å². The van der Waals surface area contributed by atoms with E-state index < -0.39 is 0 Å². The largest absolute Gasteiger partial charge is 0.383 e. The first kappa shape index (κ1) is 27.6. The van der Waals surface area contributed by atoms with Crippen molar-refractivity contribution in [1.82, 2.24) is 0 Å². The van der Waals surface area contributed by atoms with E-state index in [-0.39, 0.29) is 0 Å². The van der Waals surface area contributed by atoms with Gasteiger partial charge in [-0.05, 0) is 75.2 Å². The molecule has 184 valence electrons. The van der Waals surface area contributed by atoms with Gasteiger partial charge in [0.2, 0.25) is 0 Å². The Morgan fingerprint density at radius 2 is 0.909 bits per heavy atom. The number of hydrogen-bond acceptors (Lipinski definition) is 3. The molecule has 2 aromatic rings. The molecule has 0 heterocycles. The SMILES string of the molecule is CCCCCCCC(C)Nc1ccc(Sc2ccc(NC(C)CCCCCCC)cc2)cc1. The van der Waals surface area contributed by atoms with E-state index >= 15 is 0 Å². The molecule has 0 aliphatic rings. The molecular weight excluding hydrogens is 420 g/mol. The van der Waals surface area contributed by atoms with Gasteiger partial charge in [-0.25, -0.2) is 0 Å². The standard InChI is InChI=1S/C30H48N2S/c1-5-7-9-11-13-15-25(3)31-27-17-21-29(22-18-27)33-30-23-19-28(20-24-30)32-26(4)16-14-12-10-8-6-2/h17-26,31-32H,5-16H2,1-4H3. The Balaban J connectivity index is 1.70. The summed E-state index contributed by atoms with van der Waals surface area (Å²) >= 11 is 1.83. The lowest BCUT2D eigenvalue weighted by Gasteiger charge is -2.16. The van der Waals surface area contributed by atoms with Crippen molar-refractivity contribution in [3.63, 3.8) is 0 Å². The van der Waals surface area contributed by atoms with E-state index in [0.717, 1.165) is 0 Å². The Bertz CT molecular complexity index is 662. The van der Waals surface area contributed by atoms with Gasteiger partial charge in [-0.15, -0.1) is 0 Å². The van der Waals surface area contributed by atoms with Gasteiger partial charge in [0.25, 0.3) is 0 Å². The van der Waals surface area contributed by atoms with Gasteiger partial charge in [0.15, 0.2) is 0 Å². The average Bonchev–Trinajstić information content (AvgIpc) is 2.81. The molecule has 2 nitrogen and oxygen atoms in total. The third-order valence-electron chi connectivity index (χ3n) is 6.25. The van der Waals surface area contributed by atoms with Crippen LogP contribution in [0.1, 0.15) is 105 Å². The summed E-state index contributed by atoms with van der Waals surface area (Å²) in [6.45, 7) is 9.14. The highest BCUT2D eigenvalue weighted by atomic mass is 32.2. The molecule has 2 rings (SSSR count). The first-order valence-corrected chi connectivity index (χ1v) is 14.3. The van der Waals surface area contributed by atoms with Crippen LogP contribution >= 0.6 is 11.8 Å². The molecule has 0 bridgehead atoms. The maximum atomic E-state index is 3.66. The van der Waals surface area contributed by atoms with Crippen molar-refractivity contribution in [2.75, 3.05) is 10.6 Å². The van der Waals surface area contributed by atoms with Crippen LogP contribution in [-0.2, 0) is 0 Å². The van der Waals surface area contributed by atoms with Gasteiger partial charge in [0.1, 0.15) is 0 Å². The number of anilines is 2. The first-order chi connectivity index (χ1) is 16.1. The second-order valence-corrected chi connectivity index (χ2v) is 10.8. The molecule has 2 atom stereocenters. The molecule has 33 heavy (non-hydrogen) atoms. The Kier molecular flexibility index (Phi) is 14.2. The van der Waals surface area contributed by atoms with Crippen LogP contribution in [0.2, 0.25) is 0 Å². The number of nitrogens with one attached hydrogen (secondary N) is 2. The average molecular weight is 469 g/mol. The van der Waals surface area contributed by atoms with Crippen LogP contribution in [0, 0.1) is 0 Å². The molecule has 0 aromatic heterocycles. The molecule has 0 aliphatic heterocycles. The lowest BCUT2D eigenvalue weighted by Crippen LogP contribution is -2.14. The lowest BCUT2D eigenvalue weighted by atomic mass is 10.1. The van der Waals surface area contributed by atoms with E-state index in [1.54, 1.807) is 0 Å². The summed E-state index contributed by atoms with van der Waals surface area (Å²) in [4.78, 5) is 2.57. The van der Waals surface area contributed by atoms with Crippen LogP contribution in [-0.4, -0.2) is 12.1 Å². The number of hydrogen-bond donors (Lipinski definition) is 2. The minimum absolute atomic E-state index is 0.531. The minimum atomic E-state index is 0.531. The minimum Gasteiger partial charge on any atom is -0.383 e. The van der Waals surface area contributed by atoms with Crippen LogP contribution in [0.15, 0.2) is 58.3 Å². The molecule has 2 unspecified atom stereocenters. The highest BCUT2D eigenvalue weighted by Gasteiger charge is 2.05. The van der Waals surface area contributed by atoms with E-state index in [4.69, 9.17) is 0 Å². The van der Waals surface area contributed by atoms with Crippen molar-refractivity contribution in [3.05, 3.63) is 48.5 Å². The second kappa shape index (κ2) is 16.9. The summed E-state index contributed by atoms with van der Waals surface area (Å²) < 4.78 is 0. The molecule has 0 amide bonds. The maximum Gasteiger partial charge on any atom is 0.0342 e. The van der Waals surface area contributed by atoms with E-state index in [2.05, 4.69) is 86.9 Å². The predicted molar refractivity (Wildman–Crippen MR) is 150 cm³/mol. The van der Waals surface area contributed by atoms with Crippen LogP contribution < -0.4 is 10.6 Å². The summed E-state index contributed by atoms with van der Waals surface area (Å²) in [7, 11) is 0. The quantitative estimate of drug-likeness (QED) is 0.213. The van der Waals surface area contributed by atoms with Crippen LogP contribution in [0.4, 0.5) is 11.4 Å². The highest BCUT2D eigenvalue weighted by Crippen LogP contribution is 2.30. The van der Waals surface area contributed by atoms with Crippen molar-refractivity contribution in [3.8, 4) is 0 Å². The first-order valence-electron chi connectivity index (χ1n) is 13.5. The van der Waals surface area contributed by atoms with Crippen molar-refractivity contribution in [2.45, 2.75) is 127 Å². The molecule has 0 aliphatic carbocycles. The summed E-state index contributed by atoms with van der Waals surface area (Å²) in [6.07, 6.45) is 16.0. The van der Waals surface area contributed by atoms with E-state index in [0.29, 0.717) is 12.1 Å². The second-order valence-electron chi connectivity index (χ2n) is 9.65. The number of unbranched alkanes of at least 4 members (excludes halogenated alkanes) is 8. The van der Waals surface area contributed by atoms with E-state index in [9.17, 15) is 0 Å². The van der Waals surface area contributed by atoms with Gasteiger partial charge in [0.05, 0.1) is 0 Å². The van der Waals surface area contributed by atoms with Gasteiger partial charge in [-0.1, -0.05) is 89.8 Å². The molecule has 0 radical (unpaired) electrons. The van der Waals surface area contributed by atoms with Gasteiger partial charge in [-0.3, -0.25) is 0 Å². The molecule has 2 aromatic carbocycles. The molecule has 0 saturated carbocycles. The van der Waals surface area contributed by atoms with Crippen molar-refractivity contribution < 1.29 is 0 Å². The molecule has 3 heteroatoms. The molecular formula is C30H48N2S. The van der Waals surface area contributed by atoms with Crippen LogP contribution in [0.5, 0.6) is 0 Å². The fourth-order valence-corrected chi connectivity index (χ4v) is 5.01. The van der Waals surface area contributed by atoms with Gasteiger partial charge in [-0.2, -0.15) is 0 Å². The van der Waals surface area contributed by atoms with Crippen molar-refractivity contribution >= 4 is 23.1 Å². The topological polar surface area (TPSA) is 24.1 Å². The van der Waals surface area contributed by atoms with Gasteiger partial charge < -0.3 is 10.6 Å². The molecule has 2 N–H and O–H groups in total. The smallest absolute Gasteiger partial charge is 0.0342 e. The summed E-state index contributed by atoms with van der Waals surface area (Å²) in [5, 5.41) is 7.31. The van der Waals surface area contributed by atoms with E-state index in [1.807, 2.05) is 11.8 Å². The fourth-order valence-electron chi connectivity index (χ4n) is 4.20. The maximum absolute atomic E-state index is 3.66. The number of rotatable bonds is 18. The third-order valence-corrected chi connectivity index (χ3v) is 7.27. The normalized spacial score (nSPS) is 13.0. The number of benzene rings is 2. The predicted octanol–water partition coefficient (Wildman–Crippen LogP) is 10.2. The molecule has 0 saturated heterocycles. The summed E-state index contributed by atoms with van der Waals surface area (Å²) in [5.74, 6) is 0. The third kappa shape index (κ3) is 12.4. The van der Waals surface area contributed by atoms with Crippen LogP contribution in [0.25, 0.3) is 0 Å². The zero-order chi connectivity index (χ0) is 23.7. The van der Waals surface area contributed by atoms with Gasteiger partial charge >= 0.3 is 0 Å².